The van der Waals surface area contributed by atoms with E-state index in [0.29, 0.717) is 6.04 Å². The molecule has 1 aromatic rings. The van der Waals surface area contributed by atoms with E-state index in [9.17, 15) is 0 Å². The van der Waals surface area contributed by atoms with Crippen molar-refractivity contribution in [1.82, 2.24) is 19.4 Å². The molecule has 0 unspecified atom stereocenters. The normalized spacial score (nSPS) is 18.8. The zero-order valence-corrected chi connectivity index (χ0v) is 11.6. The van der Waals surface area contributed by atoms with Crippen molar-refractivity contribution in [1.29, 1.82) is 0 Å². The van der Waals surface area contributed by atoms with Gasteiger partial charge in [-0.3, -0.25) is 9.80 Å². The summed E-state index contributed by atoms with van der Waals surface area (Å²) in [5.41, 5.74) is 1.08. The van der Waals surface area contributed by atoms with E-state index in [1.807, 2.05) is 7.05 Å². The first-order chi connectivity index (χ1) is 8.20. The number of hydrogen-bond acceptors (Lipinski definition) is 6. The molecule has 0 bridgehead atoms. The van der Waals surface area contributed by atoms with Gasteiger partial charge in [0.2, 0.25) is 0 Å². The maximum atomic E-state index is 4.19. The average molecular weight is 255 g/mol. The second-order valence-electron chi connectivity index (χ2n) is 4.70. The summed E-state index contributed by atoms with van der Waals surface area (Å²) in [7, 11) is 1.93. The SMILES string of the molecule is CNc1snnc1CN1CCN(C(C)C)CC1. The summed E-state index contributed by atoms with van der Waals surface area (Å²) in [6, 6.07) is 0.658. The molecule has 2 rings (SSSR count). The van der Waals surface area contributed by atoms with Gasteiger partial charge in [-0.2, -0.15) is 0 Å². The molecule has 0 spiro atoms. The Morgan fingerprint density at radius 1 is 1.29 bits per heavy atom. The molecule has 1 saturated heterocycles. The van der Waals surface area contributed by atoms with Gasteiger partial charge in [-0.05, 0) is 13.8 Å². The minimum Gasteiger partial charge on any atom is -0.377 e. The third-order valence-corrected chi connectivity index (χ3v) is 4.08. The van der Waals surface area contributed by atoms with Gasteiger partial charge in [-0.25, -0.2) is 0 Å². The van der Waals surface area contributed by atoms with E-state index in [-0.39, 0.29) is 0 Å². The molecule has 5 nitrogen and oxygen atoms in total. The van der Waals surface area contributed by atoms with Crippen molar-refractivity contribution in [2.75, 3.05) is 38.5 Å². The Morgan fingerprint density at radius 2 is 2.00 bits per heavy atom. The summed E-state index contributed by atoms with van der Waals surface area (Å²) in [6.45, 7) is 10.0. The molecule has 2 heterocycles. The number of nitrogens with zero attached hydrogens (tertiary/aromatic N) is 4. The maximum Gasteiger partial charge on any atom is 0.134 e. The molecule has 1 N–H and O–H groups in total. The highest BCUT2D eigenvalue weighted by Gasteiger charge is 2.20. The Labute approximate surface area is 107 Å². The predicted octanol–water partition coefficient (Wildman–Crippen LogP) is 1.11. The van der Waals surface area contributed by atoms with Crippen LogP contribution in [0.4, 0.5) is 5.00 Å². The van der Waals surface area contributed by atoms with Gasteiger partial charge in [-0.15, -0.1) is 5.10 Å². The lowest BCUT2D eigenvalue weighted by Crippen LogP contribution is -2.48. The standard InChI is InChI=1S/C11H21N5S/c1-9(2)16-6-4-15(5-7-16)8-10-11(12-3)17-14-13-10/h9,12H,4-8H2,1-3H3. The van der Waals surface area contributed by atoms with Gasteiger partial charge in [-0.1, -0.05) is 4.49 Å². The van der Waals surface area contributed by atoms with Gasteiger partial charge in [0.15, 0.2) is 0 Å². The molecule has 1 aliphatic rings. The molecular weight excluding hydrogens is 234 g/mol. The van der Waals surface area contributed by atoms with Gasteiger partial charge in [0.1, 0.15) is 10.7 Å². The third-order valence-electron chi connectivity index (χ3n) is 3.29. The molecule has 0 saturated carbocycles. The Kier molecular flexibility index (Phi) is 4.31. The Hall–Kier alpha value is -0.720. The fourth-order valence-electron chi connectivity index (χ4n) is 2.15. The molecule has 96 valence electrons. The molecule has 0 amide bonds. The number of rotatable bonds is 4. The van der Waals surface area contributed by atoms with Crippen LogP contribution in [0.15, 0.2) is 0 Å². The average Bonchev–Trinajstić information content (AvgIpc) is 2.77. The monoisotopic (exact) mass is 255 g/mol. The van der Waals surface area contributed by atoms with E-state index in [0.717, 1.165) is 43.4 Å². The van der Waals surface area contributed by atoms with Crippen molar-refractivity contribution in [3.63, 3.8) is 0 Å². The zero-order valence-electron chi connectivity index (χ0n) is 10.8. The van der Waals surface area contributed by atoms with Gasteiger partial charge in [0.25, 0.3) is 0 Å². The largest absolute Gasteiger partial charge is 0.377 e. The summed E-state index contributed by atoms with van der Waals surface area (Å²) in [4.78, 5) is 4.98. The number of nitrogens with one attached hydrogen (secondary N) is 1. The van der Waals surface area contributed by atoms with Crippen LogP contribution >= 0.6 is 11.5 Å². The predicted molar refractivity (Wildman–Crippen MR) is 71.4 cm³/mol. The molecule has 0 aromatic carbocycles. The zero-order chi connectivity index (χ0) is 12.3. The summed E-state index contributed by atoms with van der Waals surface area (Å²) >= 11 is 1.43. The molecule has 1 aliphatic heterocycles. The van der Waals surface area contributed by atoms with Crippen molar-refractivity contribution < 1.29 is 0 Å². The van der Waals surface area contributed by atoms with Crippen LogP contribution in [-0.4, -0.2) is 58.7 Å². The fourth-order valence-corrected chi connectivity index (χ4v) is 2.67. The highest BCUT2D eigenvalue weighted by atomic mass is 32.1. The molecule has 6 heteroatoms. The molecule has 1 aromatic heterocycles. The number of anilines is 1. The molecule has 0 atom stereocenters. The van der Waals surface area contributed by atoms with E-state index in [1.54, 1.807) is 0 Å². The second-order valence-corrected chi connectivity index (χ2v) is 5.46. The minimum atomic E-state index is 0.658. The summed E-state index contributed by atoms with van der Waals surface area (Å²) in [5.74, 6) is 0. The van der Waals surface area contributed by atoms with Crippen LogP contribution in [0.25, 0.3) is 0 Å². The fraction of sp³-hybridized carbons (Fsp3) is 0.818. The summed E-state index contributed by atoms with van der Waals surface area (Å²) in [6.07, 6.45) is 0. The van der Waals surface area contributed by atoms with Crippen LogP contribution in [0.5, 0.6) is 0 Å². The first-order valence-electron chi connectivity index (χ1n) is 6.16. The highest BCUT2D eigenvalue weighted by Crippen LogP contribution is 2.19. The van der Waals surface area contributed by atoms with Gasteiger partial charge >= 0.3 is 0 Å². The summed E-state index contributed by atoms with van der Waals surface area (Å²) < 4.78 is 3.99. The first-order valence-corrected chi connectivity index (χ1v) is 6.93. The van der Waals surface area contributed by atoms with E-state index in [4.69, 9.17) is 0 Å². The number of aromatic nitrogens is 2. The van der Waals surface area contributed by atoms with Crippen molar-refractivity contribution in [2.24, 2.45) is 0 Å². The van der Waals surface area contributed by atoms with Crippen LogP contribution in [0.2, 0.25) is 0 Å². The van der Waals surface area contributed by atoms with Crippen LogP contribution in [0.1, 0.15) is 19.5 Å². The minimum absolute atomic E-state index is 0.658. The van der Waals surface area contributed by atoms with E-state index >= 15 is 0 Å². The number of hydrogen-bond donors (Lipinski definition) is 1. The van der Waals surface area contributed by atoms with Gasteiger partial charge in [0, 0.05) is 57.3 Å². The summed E-state index contributed by atoms with van der Waals surface area (Å²) in [5, 5.41) is 8.43. The number of piperazine rings is 1. The smallest absolute Gasteiger partial charge is 0.134 e. The van der Waals surface area contributed by atoms with Gasteiger partial charge in [0.05, 0.1) is 0 Å². The third kappa shape index (κ3) is 3.14. The van der Waals surface area contributed by atoms with Crippen LogP contribution < -0.4 is 5.32 Å². The topological polar surface area (TPSA) is 44.3 Å². The Balaban J connectivity index is 1.86. The van der Waals surface area contributed by atoms with Crippen LogP contribution in [0, 0.1) is 0 Å². The van der Waals surface area contributed by atoms with E-state index in [2.05, 4.69) is 38.6 Å². The lowest BCUT2D eigenvalue weighted by molar-refractivity contribution is 0.103. The van der Waals surface area contributed by atoms with Crippen molar-refractivity contribution in [2.45, 2.75) is 26.4 Å². The molecule has 1 fully saturated rings. The van der Waals surface area contributed by atoms with Crippen molar-refractivity contribution >= 4 is 16.5 Å². The van der Waals surface area contributed by atoms with Crippen molar-refractivity contribution in [3.05, 3.63) is 5.69 Å². The molecule has 0 aliphatic carbocycles. The van der Waals surface area contributed by atoms with Crippen LogP contribution in [-0.2, 0) is 6.54 Å². The lowest BCUT2D eigenvalue weighted by atomic mass is 10.2. The highest BCUT2D eigenvalue weighted by molar-refractivity contribution is 7.10. The Bertz CT molecular complexity index is 343. The second kappa shape index (κ2) is 5.75. The first kappa shape index (κ1) is 12.7. The van der Waals surface area contributed by atoms with Crippen molar-refractivity contribution in [3.8, 4) is 0 Å². The van der Waals surface area contributed by atoms with Crippen LogP contribution in [0.3, 0.4) is 0 Å². The molecule has 0 radical (unpaired) electrons. The van der Waals surface area contributed by atoms with E-state index < -0.39 is 0 Å². The van der Waals surface area contributed by atoms with E-state index in [1.165, 1.54) is 11.5 Å². The molecule has 17 heavy (non-hydrogen) atoms. The maximum absolute atomic E-state index is 4.19. The lowest BCUT2D eigenvalue weighted by Gasteiger charge is -2.36. The Morgan fingerprint density at radius 3 is 2.59 bits per heavy atom. The molecular formula is C11H21N5S. The van der Waals surface area contributed by atoms with Gasteiger partial charge < -0.3 is 5.32 Å². The quantitative estimate of drug-likeness (QED) is 0.873.